The van der Waals surface area contributed by atoms with E-state index in [1.54, 1.807) is 0 Å². The smallest absolute Gasteiger partial charge is 0.239 e. The van der Waals surface area contributed by atoms with Gasteiger partial charge in [0.2, 0.25) is 5.91 Å². The zero-order valence-electron chi connectivity index (χ0n) is 9.91. The molecule has 1 aliphatic heterocycles. The number of hydrogen-bond donors (Lipinski definition) is 1. The van der Waals surface area contributed by atoms with Crippen LogP contribution in [-0.2, 0) is 11.3 Å². The second-order valence-corrected chi connectivity index (χ2v) is 5.12. The predicted molar refractivity (Wildman–Crippen MR) is 68.5 cm³/mol. The van der Waals surface area contributed by atoms with E-state index in [1.165, 1.54) is 0 Å². The Labute approximate surface area is 109 Å². The van der Waals surface area contributed by atoms with Crippen molar-refractivity contribution in [3.63, 3.8) is 0 Å². The van der Waals surface area contributed by atoms with Crippen LogP contribution in [0, 0.1) is 0 Å². The number of furan rings is 1. The Morgan fingerprint density at radius 2 is 2.24 bits per heavy atom. The first-order chi connectivity index (χ1) is 8.16. The number of hydrogen-bond acceptors (Lipinski definition) is 3. The quantitative estimate of drug-likeness (QED) is 0.927. The first-order valence-electron chi connectivity index (χ1n) is 5.93. The van der Waals surface area contributed by atoms with Gasteiger partial charge in [-0.15, -0.1) is 0 Å². The monoisotopic (exact) mass is 300 g/mol. The molecule has 0 radical (unpaired) electrons. The Bertz CT molecular complexity index is 386. The van der Waals surface area contributed by atoms with Gasteiger partial charge in [0, 0.05) is 13.1 Å². The Hall–Kier alpha value is -0.810. The van der Waals surface area contributed by atoms with E-state index >= 15 is 0 Å². The summed E-state index contributed by atoms with van der Waals surface area (Å²) in [6, 6.07) is 3.59. The van der Waals surface area contributed by atoms with E-state index < -0.39 is 0 Å². The predicted octanol–water partition coefficient (Wildman–Crippen LogP) is 2.14. The number of halogens is 1. The van der Waals surface area contributed by atoms with Gasteiger partial charge in [-0.3, -0.25) is 10.1 Å². The van der Waals surface area contributed by atoms with Gasteiger partial charge in [-0.25, -0.2) is 0 Å². The van der Waals surface area contributed by atoms with Gasteiger partial charge in [-0.05, 0) is 47.8 Å². The number of likely N-dealkylation sites (tertiary alicyclic amines) is 1. The maximum atomic E-state index is 12.0. The van der Waals surface area contributed by atoms with Gasteiger partial charge in [0.15, 0.2) is 4.67 Å². The van der Waals surface area contributed by atoms with Gasteiger partial charge in [0.25, 0.3) is 0 Å². The normalized spacial score (nSPS) is 17.4. The molecule has 0 saturated carbocycles. The largest absolute Gasteiger partial charge is 0.453 e. The van der Waals surface area contributed by atoms with Crippen LogP contribution < -0.4 is 5.32 Å². The third-order valence-corrected chi connectivity index (χ3v) is 3.43. The Morgan fingerprint density at radius 3 is 2.82 bits per heavy atom. The van der Waals surface area contributed by atoms with Crippen molar-refractivity contribution in [1.82, 2.24) is 10.2 Å². The van der Waals surface area contributed by atoms with Crippen LogP contribution in [0.4, 0.5) is 0 Å². The van der Waals surface area contributed by atoms with E-state index in [1.807, 2.05) is 24.0 Å². The minimum atomic E-state index is -0.156. The molecule has 1 saturated heterocycles. The van der Waals surface area contributed by atoms with Crippen LogP contribution in [0.2, 0.25) is 0 Å². The summed E-state index contributed by atoms with van der Waals surface area (Å²) in [6.45, 7) is 4.28. The summed E-state index contributed by atoms with van der Waals surface area (Å²) in [6.07, 6.45) is 2.26. The number of rotatable bonds is 4. The molecule has 0 aliphatic carbocycles. The van der Waals surface area contributed by atoms with Crippen LogP contribution in [0.3, 0.4) is 0 Å². The Kier molecular flexibility index (Phi) is 4.23. The molecule has 0 bridgehead atoms. The second-order valence-electron chi connectivity index (χ2n) is 4.34. The van der Waals surface area contributed by atoms with E-state index in [0.29, 0.717) is 11.2 Å². The molecule has 0 aromatic carbocycles. The van der Waals surface area contributed by atoms with E-state index in [4.69, 9.17) is 4.42 Å². The molecule has 5 heteroatoms. The minimum absolute atomic E-state index is 0.156. The van der Waals surface area contributed by atoms with Crippen LogP contribution in [0.5, 0.6) is 0 Å². The third-order valence-electron chi connectivity index (χ3n) is 3.00. The highest BCUT2D eigenvalue weighted by molar-refractivity contribution is 9.10. The molecule has 1 fully saturated rings. The standard InChI is InChI=1S/C12H17BrN2O2/c1-9(12(16)15-6-2-3-7-15)14-8-10-4-5-11(13)17-10/h4-5,9,14H,2-3,6-8H2,1H3. The van der Waals surface area contributed by atoms with Crippen molar-refractivity contribution in [1.29, 1.82) is 0 Å². The van der Waals surface area contributed by atoms with Crippen LogP contribution in [0.25, 0.3) is 0 Å². The molecule has 1 aromatic rings. The summed E-state index contributed by atoms with van der Waals surface area (Å²) >= 11 is 3.25. The molecule has 2 heterocycles. The fraction of sp³-hybridized carbons (Fsp3) is 0.583. The summed E-state index contributed by atoms with van der Waals surface area (Å²) in [5.74, 6) is 1.02. The number of carbonyl (C=O) groups is 1. The van der Waals surface area contributed by atoms with E-state index in [9.17, 15) is 4.79 Å². The number of carbonyl (C=O) groups excluding carboxylic acids is 1. The van der Waals surface area contributed by atoms with Gasteiger partial charge in [0.05, 0.1) is 12.6 Å². The van der Waals surface area contributed by atoms with E-state index in [-0.39, 0.29) is 11.9 Å². The van der Waals surface area contributed by atoms with Crippen molar-refractivity contribution in [2.45, 2.75) is 32.4 Å². The lowest BCUT2D eigenvalue weighted by Gasteiger charge is -2.20. The summed E-state index contributed by atoms with van der Waals surface area (Å²) in [5.41, 5.74) is 0. The van der Waals surface area contributed by atoms with Crippen molar-refractivity contribution in [3.8, 4) is 0 Å². The van der Waals surface area contributed by atoms with Crippen molar-refractivity contribution < 1.29 is 9.21 Å². The van der Waals surface area contributed by atoms with Crippen LogP contribution in [-0.4, -0.2) is 29.9 Å². The molecular formula is C12H17BrN2O2. The van der Waals surface area contributed by atoms with Gasteiger partial charge >= 0.3 is 0 Å². The maximum Gasteiger partial charge on any atom is 0.239 e. The molecule has 1 unspecified atom stereocenters. The molecule has 4 nitrogen and oxygen atoms in total. The number of amides is 1. The molecule has 1 amide bonds. The summed E-state index contributed by atoms with van der Waals surface area (Å²) in [7, 11) is 0. The van der Waals surface area contributed by atoms with Gasteiger partial charge in [0.1, 0.15) is 5.76 Å². The lowest BCUT2D eigenvalue weighted by molar-refractivity contribution is -0.132. The lowest BCUT2D eigenvalue weighted by atomic mass is 10.3. The average Bonchev–Trinajstić information content (AvgIpc) is 2.95. The Morgan fingerprint density at radius 1 is 1.53 bits per heavy atom. The second kappa shape index (κ2) is 5.69. The summed E-state index contributed by atoms with van der Waals surface area (Å²) < 4.78 is 6.08. The van der Waals surface area contributed by atoms with Crippen LogP contribution in [0.1, 0.15) is 25.5 Å². The highest BCUT2D eigenvalue weighted by Gasteiger charge is 2.22. The number of nitrogens with one attached hydrogen (secondary N) is 1. The topological polar surface area (TPSA) is 45.5 Å². The molecule has 1 atom stereocenters. The van der Waals surface area contributed by atoms with Gasteiger partial charge in [-0.2, -0.15) is 0 Å². The first kappa shape index (κ1) is 12.6. The van der Waals surface area contributed by atoms with Gasteiger partial charge < -0.3 is 9.32 Å². The first-order valence-corrected chi connectivity index (χ1v) is 6.72. The number of nitrogens with zero attached hydrogens (tertiary/aromatic N) is 1. The highest BCUT2D eigenvalue weighted by atomic mass is 79.9. The zero-order valence-corrected chi connectivity index (χ0v) is 11.5. The average molecular weight is 301 g/mol. The van der Waals surface area contributed by atoms with E-state index in [2.05, 4.69) is 21.2 Å². The lowest BCUT2D eigenvalue weighted by Crippen LogP contribution is -2.43. The van der Waals surface area contributed by atoms with E-state index in [0.717, 1.165) is 31.7 Å². The fourth-order valence-electron chi connectivity index (χ4n) is 2.00. The molecule has 94 valence electrons. The van der Waals surface area contributed by atoms with Crippen LogP contribution in [0.15, 0.2) is 21.2 Å². The zero-order chi connectivity index (χ0) is 12.3. The highest BCUT2D eigenvalue weighted by Crippen LogP contribution is 2.14. The maximum absolute atomic E-state index is 12.0. The molecule has 1 aliphatic rings. The molecule has 2 rings (SSSR count). The van der Waals surface area contributed by atoms with Crippen molar-refractivity contribution >= 4 is 21.8 Å². The molecule has 1 aromatic heterocycles. The molecule has 0 spiro atoms. The summed E-state index contributed by atoms with van der Waals surface area (Å²) in [5, 5.41) is 3.18. The summed E-state index contributed by atoms with van der Waals surface area (Å²) in [4.78, 5) is 13.9. The molecular weight excluding hydrogens is 284 g/mol. The van der Waals surface area contributed by atoms with Crippen molar-refractivity contribution in [2.24, 2.45) is 0 Å². The fourth-order valence-corrected chi connectivity index (χ4v) is 2.34. The molecule has 1 N–H and O–H groups in total. The van der Waals surface area contributed by atoms with Crippen molar-refractivity contribution in [3.05, 3.63) is 22.6 Å². The Balaban J connectivity index is 1.80. The third kappa shape index (κ3) is 3.33. The van der Waals surface area contributed by atoms with Crippen LogP contribution >= 0.6 is 15.9 Å². The van der Waals surface area contributed by atoms with Gasteiger partial charge in [-0.1, -0.05) is 0 Å². The SMILES string of the molecule is CC(NCc1ccc(Br)o1)C(=O)N1CCCC1. The molecule has 17 heavy (non-hydrogen) atoms. The van der Waals surface area contributed by atoms with Crippen molar-refractivity contribution in [2.75, 3.05) is 13.1 Å². The minimum Gasteiger partial charge on any atom is -0.453 e.